The lowest BCUT2D eigenvalue weighted by Gasteiger charge is -2.18. The number of hydrogen-bond donors (Lipinski definition) is 1. The van der Waals surface area contributed by atoms with E-state index in [9.17, 15) is 9.59 Å². The molecular weight excluding hydrogens is 544 g/mol. The summed E-state index contributed by atoms with van der Waals surface area (Å²) >= 11 is 1.39. The highest BCUT2D eigenvalue weighted by Crippen LogP contribution is 2.29. The zero-order valence-corrected chi connectivity index (χ0v) is 25.4. The fourth-order valence-electron chi connectivity index (χ4n) is 4.28. The van der Waals surface area contributed by atoms with Gasteiger partial charge in [-0.3, -0.25) is 18.8 Å². The largest absolute Gasteiger partial charge is 0.366 e. The molecule has 0 spiro atoms. The van der Waals surface area contributed by atoms with Gasteiger partial charge in [-0.1, -0.05) is 93.2 Å². The van der Waals surface area contributed by atoms with Crippen LogP contribution in [0.4, 0.5) is 0 Å². The van der Waals surface area contributed by atoms with E-state index in [0.717, 1.165) is 23.6 Å². The Labute approximate surface area is 251 Å². The number of amides is 1. The fraction of sp³-hybridized carbons (Fsp3) is 0.242. The summed E-state index contributed by atoms with van der Waals surface area (Å²) < 4.78 is 3.91. The summed E-state index contributed by atoms with van der Waals surface area (Å²) in [5.41, 5.74) is 10.5. The van der Waals surface area contributed by atoms with Crippen molar-refractivity contribution in [2.24, 2.45) is 5.73 Å². The number of nitrogens with two attached hydrogens (primary N) is 1. The summed E-state index contributed by atoms with van der Waals surface area (Å²) in [4.78, 5) is 23.3. The number of benzene rings is 3. The van der Waals surface area contributed by atoms with Gasteiger partial charge in [0.15, 0.2) is 16.8 Å². The molecule has 3 aromatic carbocycles. The minimum Gasteiger partial charge on any atom is -0.366 e. The van der Waals surface area contributed by atoms with Crippen molar-refractivity contribution >= 4 is 23.5 Å². The van der Waals surface area contributed by atoms with Crippen molar-refractivity contribution in [2.75, 3.05) is 5.75 Å². The average Bonchev–Trinajstić information content (AvgIpc) is 3.59. The molecule has 0 aliphatic rings. The predicted molar refractivity (Wildman–Crippen MR) is 168 cm³/mol. The van der Waals surface area contributed by atoms with Gasteiger partial charge in [0.25, 0.3) is 0 Å². The van der Waals surface area contributed by atoms with E-state index < -0.39 is 0 Å². The maximum atomic E-state index is 12.6. The molecule has 0 fully saturated rings. The Morgan fingerprint density at radius 3 is 2.05 bits per heavy atom. The van der Waals surface area contributed by atoms with Crippen LogP contribution in [0.5, 0.6) is 0 Å². The SMILES string of the molecule is CC(C)(C)c1ccc(C(N)=O)cc1.CCn1nc(C)cc1-c1nnc(SCC(=O)c2ccccc2)n1-c1ccccc1. The Kier molecular flexibility index (Phi) is 9.75. The van der Waals surface area contributed by atoms with Crippen molar-refractivity contribution in [3.8, 4) is 17.2 Å². The molecule has 1 amide bonds. The van der Waals surface area contributed by atoms with E-state index in [2.05, 4.69) is 36.1 Å². The molecule has 0 saturated carbocycles. The Hall–Kier alpha value is -4.50. The first kappa shape index (κ1) is 30.5. The van der Waals surface area contributed by atoms with E-state index in [-0.39, 0.29) is 17.1 Å². The van der Waals surface area contributed by atoms with Crippen LogP contribution in [-0.2, 0) is 12.0 Å². The molecule has 9 heteroatoms. The van der Waals surface area contributed by atoms with E-state index in [4.69, 9.17) is 5.73 Å². The van der Waals surface area contributed by atoms with Crippen molar-refractivity contribution < 1.29 is 9.59 Å². The Morgan fingerprint density at radius 2 is 1.48 bits per heavy atom. The third-order valence-electron chi connectivity index (χ3n) is 6.54. The number of aromatic nitrogens is 5. The zero-order chi connectivity index (χ0) is 30.3. The maximum Gasteiger partial charge on any atom is 0.248 e. The van der Waals surface area contributed by atoms with E-state index >= 15 is 0 Å². The Morgan fingerprint density at radius 1 is 0.857 bits per heavy atom. The Balaban J connectivity index is 0.000000262. The summed E-state index contributed by atoms with van der Waals surface area (Å²) in [6, 6.07) is 28.7. The first-order chi connectivity index (χ1) is 20.1. The van der Waals surface area contributed by atoms with Crippen molar-refractivity contribution in [1.82, 2.24) is 24.5 Å². The highest BCUT2D eigenvalue weighted by atomic mass is 32.2. The number of ketones is 1. The molecule has 216 valence electrons. The van der Waals surface area contributed by atoms with Crippen molar-refractivity contribution in [1.29, 1.82) is 0 Å². The summed E-state index contributed by atoms with van der Waals surface area (Å²) in [7, 11) is 0. The van der Waals surface area contributed by atoms with Crippen LogP contribution in [0.3, 0.4) is 0 Å². The van der Waals surface area contributed by atoms with Gasteiger partial charge in [0.05, 0.1) is 11.4 Å². The van der Waals surface area contributed by atoms with Crippen molar-refractivity contribution in [3.63, 3.8) is 0 Å². The van der Waals surface area contributed by atoms with Gasteiger partial charge in [-0.05, 0) is 55.2 Å². The van der Waals surface area contributed by atoms with Crippen molar-refractivity contribution in [2.45, 2.75) is 51.7 Å². The molecule has 0 unspecified atom stereocenters. The molecule has 2 aromatic heterocycles. The molecule has 0 saturated heterocycles. The van der Waals surface area contributed by atoms with Crippen LogP contribution >= 0.6 is 11.8 Å². The lowest BCUT2D eigenvalue weighted by molar-refractivity contribution is 0.0997. The van der Waals surface area contributed by atoms with E-state index in [1.807, 2.05) is 102 Å². The molecule has 0 bridgehead atoms. The maximum absolute atomic E-state index is 12.6. The third kappa shape index (κ3) is 7.41. The van der Waals surface area contributed by atoms with Crippen LogP contribution in [0.15, 0.2) is 96.2 Å². The minimum absolute atomic E-state index is 0.0641. The molecule has 42 heavy (non-hydrogen) atoms. The van der Waals surface area contributed by atoms with Gasteiger partial charge in [0, 0.05) is 23.4 Å². The van der Waals surface area contributed by atoms with Crippen LogP contribution in [0.25, 0.3) is 17.2 Å². The molecule has 0 radical (unpaired) electrons. The smallest absolute Gasteiger partial charge is 0.248 e. The van der Waals surface area contributed by atoms with Crippen LogP contribution in [0, 0.1) is 6.92 Å². The molecule has 0 atom stereocenters. The molecule has 8 nitrogen and oxygen atoms in total. The summed E-state index contributed by atoms with van der Waals surface area (Å²) in [5.74, 6) is 0.698. The lowest BCUT2D eigenvalue weighted by atomic mass is 9.87. The molecule has 0 aliphatic heterocycles. The number of carbonyl (C=O) groups is 2. The molecule has 2 heterocycles. The number of thioether (sulfide) groups is 1. The van der Waals surface area contributed by atoms with Crippen LogP contribution in [-0.4, -0.2) is 42.0 Å². The van der Waals surface area contributed by atoms with Gasteiger partial charge in [-0.2, -0.15) is 5.10 Å². The predicted octanol–water partition coefficient (Wildman–Crippen LogP) is 6.52. The second kappa shape index (κ2) is 13.4. The number of para-hydroxylation sites is 1. The third-order valence-corrected chi connectivity index (χ3v) is 7.47. The number of aryl methyl sites for hydroxylation is 2. The first-order valence-corrected chi connectivity index (χ1v) is 14.7. The molecular formula is C33H36N6O2S. The Bertz CT molecular complexity index is 1640. The number of hydrogen-bond acceptors (Lipinski definition) is 6. The zero-order valence-electron chi connectivity index (χ0n) is 24.6. The average molecular weight is 581 g/mol. The highest BCUT2D eigenvalue weighted by molar-refractivity contribution is 7.99. The van der Waals surface area contributed by atoms with E-state index in [1.165, 1.54) is 17.3 Å². The normalized spacial score (nSPS) is 11.1. The fourth-order valence-corrected chi connectivity index (χ4v) is 5.12. The molecule has 0 aliphatic carbocycles. The second-order valence-electron chi connectivity index (χ2n) is 10.7. The van der Waals surface area contributed by atoms with E-state index in [0.29, 0.717) is 27.9 Å². The van der Waals surface area contributed by atoms with Gasteiger partial charge in [0.1, 0.15) is 5.69 Å². The monoisotopic (exact) mass is 580 g/mol. The summed E-state index contributed by atoms with van der Waals surface area (Å²) in [5, 5.41) is 14.1. The highest BCUT2D eigenvalue weighted by Gasteiger charge is 2.20. The summed E-state index contributed by atoms with van der Waals surface area (Å²) in [6.07, 6.45) is 0. The topological polar surface area (TPSA) is 109 Å². The van der Waals surface area contributed by atoms with E-state index in [1.54, 1.807) is 12.1 Å². The molecule has 5 rings (SSSR count). The van der Waals surface area contributed by atoms with Gasteiger partial charge in [0.2, 0.25) is 5.91 Å². The van der Waals surface area contributed by atoms with Gasteiger partial charge < -0.3 is 5.73 Å². The summed E-state index contributed by atoms with van der Waals surface area (Å²) in [6.45, 7) is 11.1. The number of carbonyl (C=O) groups excluding carboxylic acids is 2. The van der Waals surface area contributed by atoms with Gasteiger partial charge in [-0.25, -0.2) is 0 Å². The number of nitrogens with zero attached hydrogens (tertiary/aromatic N) is 5. The first-order valence-electron chi connectivity index (χ1n) is 13.8. The second-order valence-corrected chi connectivity index (χ2v) is 11.7. The van der Waals surface area contributed by atoms with Crippen molar-refractivity contribution in [3.05, 3.63) is 113 Å². The van der Waals surface area contributed by atoms with Gasteiger partial charge in [-0.15, -0.1) is 10.2 Å². The lowest BCUT2D eigenvalue weighted by Crippen LogP contribution is -2.13. The standard InChI is InChI=1S/C22H21N5OS.C11H15NO/c1-3-26-19(14-16(2)25-26)21-23-24-22(27(21)18-12-8-5-9-13-18)29-15-20(28)17-10-6-4-7-11-17;1-11(2,3)9-6-4-8(5-7-9)10(12)13/h4-14H,3,15H2,1-2H3;4-7H,1-3H3,(H2,12,13). The number of Topliss-reactive ketones (excluding diaryl/α,β-unsaturated/α-hetero) is 1. The van der Waals surface area contributed by atoms with Crippen LogP contribution in [0.2, 0.25) is 0 Å². The molecule has 5 aromatic rings. The van der Waals surface area contributed by atoms with Crippen LogP contribution in [0.1, 0.15) is 59.7 Å². The quantitative estimate of drug-likeness (QED) is 0.165. The number of rotatable bonds is 8. The van der Waals surface area contributed by atoms with Crippen LogP contribution < -0.4 is 5.73 Å². The molecule has 2 N–H and O–H groups in total. The van der Waals surface area contributed by atoms with Gasteiger partial charge >= 0.3 is 0 Å². The minimum atomic E-state index is -0.375. The number of primary amides is 1.